The van der Waals surface area contributed by atoms with Crippen LogP contribution >= 0.6 is 0 Å². The first-order valence-electron chi connectivity index (χ1n) is 11.4. The number of nitrogens with one attached hydrogen (secondary N) is 1. The van der Waals surface area contributed by atoms with Crippen molar-refractivity contribution in [3.63, 3.8) is 0 Å². The molecule has 0 radical (unpaired) electrons. The van der Waals surface area contributed by atoms with Gasteiger partial charge in [-0.1, -0.05) is 29.7 Å². The van der Waals surface area contributed by atoms with E-state index in [1.54, 1.807) is 37.3 Å². The molecule has 5 atom stereocenters. The van der Waals surface area contributed by atoms with E-state index in [0.717, 1.165) is 0 Å². The zero-order valence-electron chi connectivity index (χ0n) is 19.1. The molecule has 4 aliphatic rings. The van der Waals surface area contributed by atoms with E-state index in [2.05, 4.69) is 29.0 Å². The molecule has 35 heavy (non-hydrogen) atoms. The lowest BCUT2D eigenvalue weighted by atomic mass is 9.67. The fourth-order valence-corrected chi connectivity index (χ4v) is 5.90. The number of allylic oxidation sites excluding steroid dienone is 2. The summed E-state index contributed by atoms with van der Waals surface area (Å²) in [6.07, 6.45) is 2.32. The van der Waals surface area contributed by atoms with Crippen molar-refractivity contribution in [3.05, 3.63) is 69.8 Å². The Morgan fingerprint density at radius 2 is 1.83 bits per heavy atom. The molecule has 1 saturated heterocycles. The number of anilines is 1. The van der Waals surface area contributed by atoms with Crippen LogP contribution in [0.5, 0.6) is 5.75 Å². The van der Waals surface area contributed by atoms with E-state index in [0.29, 0.717) is 16.8 Å². The number of ether oxygens (including phenoxy) is 1. The molecule has 7 heteroatoms. The van der Waals surface area contributed by atoms with Crippen molar-refractivity contribution in [3.8, 4) is 29.4 Å². The van der Waals surface area contributed by atoms with E-state index in [9.17, 15) is 19.8 Å². The van der Waals surface area contributed by atoms with Crippen LogP contribution in [0.4, 0.5) is 5.69 Å². The standard InChI is InChI=1S/C28H22N2O5/c1-14-7-5-3-4-6-8-21-28(15(2)31)27(14,35-28)19-12-20(32)22-23(24(19)30-21)25(33)17-10-9-16(13-29)11-18(17)26(22)34/h3-4,9-12,14-15,21,30-32H,13,29H2,1-2H3/b4-3-/t14-,15-,21+,27-,28+/m1/s1. The van der Waals surface area contributed by atoms with Gasteiger partial charge in [-0.05, 0) is 49.8 Å². The summed E-state index contributed by atoms with van der Waals surface area (Å²) < 4.78 is 6.39. The highest BCUT2D eigenvalue weighted by Gasteiger charge is 2.81. The Hall–Kier alpha value is -3.88. The van der Waals surface area contributed by atoms with Crippen LogP contribution in [-0.4, -0.2) is 39.5 Å². The number of hydrogen-bond donors (Lipinski definition) is 4. The summed E-state index contributed by atoms with van der Waals surface area (Å²) in [5, 5.41) is 25.3. The van der Waals surface area contributed by atoms with Crippen molar-refractivity contribution >= 4 is 17.3 Å². The third kappa shape index (κ3) is 2.53. The molecule has 2 aromatic carbocycles. The molecule has 0 spiro atoms. The Kier molecular flexibility index (Phi) is 4.37. The summed E-state index contributed by atoms with van der Waals surface area (Å²) in [5.74, 6) is 10.5. The van der Waals surface area contributed by atoms with Crippen molar-refractivity contribution in [2.75, 3.05) is 5.32 Å². The molecule has 2 aromatic rings. The smallest absolute Gasteiger partial charge is 0.198 e. The summed E-state index contributed by atoms with van der Waals surface area (Å²) in [5.41, 5.74) is 5.46. The van der Waals surface area contributed by atoms with Gasteiger partial charge in [-0.25, -0.2) is 0 Å². The van der Waals surface area contributed by atoms with E-state index >= 15 is 0 Å². The Morgan fingerprint density at radius 3 is 2.54 bits per heavy atom. The SMILES string of the molecule is C[C@@H]1C#C/C=C\C#C[C@@H]2Nc3c(cc(O)c4c3C(=O)c3ccc(CN)cc3C4=O)[C@]13O[C@@]23[C@@H](C)O. The second-order valence-corrected chi connectivity index (χ2v) is 9.33. The predicted octanol–water partition coefficient (Wildman–Crippen LogP) is 1.98. The number of benzene rings is 2. The number of phenols is 1. The van der Waals surface area contributed by atoms with Crippen LogP contribution in [0.25, 0.3) is 0 Å². The highest BCUT2D eigenvalue weighted by Crippen LogP contribution is 2.68. The topological polar surface area (TPSA) is 125 Å². The molecule has 2 heterocycles. The number of carbonyl (C=O) groups is 2. The molecule has 1 fully saturated rings. The minimum absolute atomic E-state index is 0.0688. The van der Waals surface area contributed by atoms with Gasteiger partial charge in [-0.15, -0.1) is 0 Å². The normalized spacial score (nSPS) is 30.5. The average molecular weight is 466 g/mol. The number of rotatable bonds is 2. The van der Waals surface area contributed by atoms with Gasteiger partial charge in [0.15, 0.2) is 17.2 Å². The van der Waals surface area contributed by atoms with Gasteiger partial charge in [0.2, 0.25) is 0 Å². The maximum atomic E-state index is 13.8. The molecular formula is C28H22N2O5. The third-order valence-corrected chi connectivity index (χ3v) is 7.56. The fraction of sp³-hybridized carbons (Fsp3) is 0.286. The molecular weight excluding hydrogens is 444 g/mol. The van der Waals surface area contributed by atoms with Crippen LogP contribution in [0, 0.1) is 29.6 Å². The largest absolute Gasteiger partial charge is 0.507 e. The van der Waals surface area contributed by atoms with Crippen molar-refractivity contribution in [1.29, 1.82) is 0 Å². The van der Waals surface area contributed by atoms with Gasteiger partial charge in [0.1, 0.15) is 17.4 Å². The van der Waals surface area contributed by atoms with E-state index in [1.807, 2.05) is 6.92 Å². The number of fused-ring (bicyclic) bond motifs is 4. The van der Waals surface area contributed by atoms with Crippen molar-refractivity contribution in [2.45, 2.75) is 43.7 Å². The lowest BCUT2D eigenvalue weighted by Crippen LogP contribution is -2.53. The molecule has 2 aliphatic heterocycles. The van der Waals surface area contributed by atoms with E-state index in [4.69, 9.17) is 10.5 Å². The molecule has 0 aromatic heterocycles. The number of hydrogen-bond acceptors (Lipinski definition) is 7. The first kappa shape index (κ1) is 21.6. The van der Waals surface area contributed by atoms with Crippen molar-refractivity contribution in [2.24, 2.45) is 11.7 Å². The molecule has 0 amide bonds. The summed E-state index contributed by atoms with van der Waals surface area (Å²) in [6.45, 7) is 3.72. The van der Waals surface area contributed by atoms with Crippen LogP contribution < -0.4 is 11.1 Å². The van der Waals surface area contributed by atoms with Crippen molar-refractivity contribution in [1.82, 2.24) is 0 Å². The Morgan fingerprint density at radius 1 is 1.11 bits per heavy atom. The predicted molar refractivity (Wildman–Crippen MR) is 128 cm³/mol. The number of nitrogens with two attached hydrogens (primary N) is 1. The highest BCUT2D eigenvalue weighted by atomic mass is 16.6. The van der Waals surface area contributed by atoms with Gasteiger partial charge >= 0.3 is 0 Å². The number of aliphatic hydroxyl groups is 1. The van der Waals surface area contributed by atoms with E-state index < -0.39 is 40.8 Å². The van der Waals surface area contributed by atoms with Gasteiger partial charge in [0.25, 0.3) is 0 Å². The number of aliphatic hydroxyl groups excluding tert-OH is 1. The highest BCUT2D eigenvalue weighted by molar-refractivity contribution is 6.31. The number of ketones is 2. The lowest BCUT2D eigenvalue weighted by Gasteiger charge is -2.38. The van der Waals surface area contributed by atoms with Gasteiger partial charge in [-0.2, -0.15) is 0 Å². The van der Waals surface area contributed by atoms with Gasteiger partial charge in [0, 0.05) is 23.2 Å². The Bertz CT molecular complexity index is 1520. The number of carbonyl (C=O) groups excluding carboxylic acids is 2. The molecule has 0 saturated carbocycles. The third-order valence-electron chi connectivity index (χ3n) is 7.56. The lowest BCUT2D eigenvalue weighted by molar-refractivity contribution is 0.0868. The van der Waals surface area contributed by atoms with Gasteiger partial charge < -0.3 is 26.0 Å². The van der Waals surface area contributed by atoms with Crippen LogP contribution in [0.15, 0.2) is 36.4 Å². The first-order chi connectivity index (χ1) is 16.8. The van der Waals surface area contributed by atoms with Crippen molar-refractivity contribution < 1.29 is 24.5 Å². The molecule has 0 unspecified atom stereocenters. The molecule has 174 valence electrons. The summed E-state index contributed by atoms with van der Waals surface area (Å²) in [6, 6.07) is 5.67. The van der Waals surface area contributed by atoms with Crippen LogP contribution in [0.2, 0.25) is 0 Å². The zero-order chi connectivity index (χ0) is 24.7. The molecule has 5 N–H and O–H groups in total. The molecule has 7 nitrogen and oxygen atoms in total. The van der Waals surface area contributed by atoms with E-state index in [1.165, 1.54) is 6.07 Å². The molecule has 6 rings (SSSR count). The number of aromatic hydroxyl groups is 1. The second kappa shape index (κ2) is 7.07. The Labute approximate surface area is 202 Å². The maximum Gasteiger partial charge on any atom is 0.198 e. The second-order valence-electron chi connectivity index (χ2n) is 9.33. The zero-order valence-corrected chi connectivity index (χ0v) is 19.1. The Balaban J connectivity index is 1.66. The quantitative estimate of drug-likeness (QED) is 0.259. The average Bonchev–Trinajstić information content (AvgIpc) is 3.57. The first-order valence-corrected chi connectivity index (χ1v) is 11.4. The van der Waals surface area contributed by atoms with Crippen LogP contribution in [-0.2, 0) is 16.9 Å². The molecule has 2 aliphatic carbocycles. The van der Waals surface area contributed by atoms with Crippen LogP contribution in [0.3, 0.4) is 0 Å². The summed E-state index contributed by atoms with van der Waals surface area (Å²) in [7, 11) is 0. The fourth-order valence-electron chi connectivity index (χ4n) is 5.90. The minimum Gasteiger partial charge on any atom is -0.507 e. The summed E-state index contributed by atoms with van der Waals surface area (Å²) in [4.78, 5) is 27.3. The minimum atomic E-state index is -1.15. The number of phenolic OH excluding ortho intramolecular Hbond substituents is 1. The summed E-state index contributed by atoms with van der Waals surface area (Å²) >= 11 is 0. The van der Waals surface area contributed by atoms with Crippen LogP contribution in [0.1, 0.15) is 56.8 Å². The van der Waals surface area contributed by atoms with Gasteiger partial charge in [0.05, 0.1) is 28.8 Å². The van der Waals surface area contributed by atoms with E-state index in [-0.39, 0.29) is 34.5 Å². The van der Waals surface area contributed by atoms with Gasteiger partial charge in [-0.3, -0.25) is 9.59 Å². The molecule has 2 bridgehead atoms. The number of epoxide rings is 1. The monoisotopic (exact) mass is 466 g/mol. The maximum absolute atomic E-state index is 13.8.